The number of carbonyl (C=O) groups is 2. The third kappa shape index (κ3) is 4.74. The second kappa shape index (κ2) is 8.04. The van der Waals surface area contributed by atoms with Crippen molar-refractivity contribution in [2.45, 2.75) is 0 Å². The van der Waals surface area contributed by atoms with Crippen LogP contribution in [0.15, 0.2) is 64.5 Å². The summed E-state index contributed by atoms with van der Waals surface area (Å²) in [5.74, 6) is -0.966. The first-order valence-electron chi connectivity index (χ1n) is 7.35. The molecule has 0 aliphatic carbocycles. The van der Waals surface area contributed by atoms with E-state index in [2.05, 4.69) is 26.2 Å². The molecule has 5 nitrogen and oxygen atoms in total. The first-order valence-corrected chi connectivity index (χ1v) is 9.02. The van der Waals surface area contributed by atoms with Gasteiger partial charge in [-0.15, -0.1) is 11.3 Å². The van der Waals surface area contributed by atoms with Gasteiger partial charge in [0.2, 0.25) is 0 Å². The molecule has 0 bridgehead atoms. The second-order valence-corrected chi connectivity index (χ2v) is 6.81. The lowest BCUT2D eigenvalue weighted by Gasteiger charge is -2.04. The van der Waals surface area contributed by atoms with E-state index in [-0.39, 0.29) is 6.61 Å². The number of nitrogens with zero attached hydrogens (tertiary/aromatic N) is 1. The lowest BCUT2D eigenvalue weighted by molar-refractivity contribution is -0.119. The van der Waals surface area contributed by atoms with Crippen LogP contribution in [0.1, 0.15) is 10.4 Å². The van der Waals surface area contributed by atoms with Crippen LogP contribution in [0.2, 0.25) is 0 Å². The van der Waals surface area contributed by atoms with Gasteiger partial charge >= 0.3 is 5.97 Å². The summed E-state index contributed by atoms with van der Waals surface area (Å²) in [7, 11) is 0. The molecule has 0 saturated heterocycles. The predicted molar refractivity (Wildman–Crippen MR) is 101 cm³/mol. The number of esters is 1. The first-order chi connectivity index (χ1) is 12.1. The number of amides is 1. The Bertz CT molecular complexity index is 879. The monoisotopic (exact) mass is 416 g/mol. The zero-order chi connectivity index (χ0) is 17.6. The number of halogens is 1. The van der Waals surface area contributed by atoms with Crippen LogP contribution in [-0.2, 0) is 9.53 Å². The lowest BCUT2D eigenvalue weighted by Crippen LogP contribution is -2.20. The smallest absolute Gasteiger partial charge is 0.338 e. The maximum atomic E-state index is 11.9. The van der Waals surface area contributed by atoms with Crippen molar-refractivity contribution in [3.8, 4) is 11.3 Å². The summed E-state index contributed by atoms with van der Waals surface area (Å²) in [6.07, 6.45) is 0. The van der Waals surface area contributed by atoms with Gasteiger partial charge in [0.15, 0.2) is 11.7 Å². The number of nitrogens with one attached hydrogen (secondary N) is 1. The van der Waals surface area contributed by atoms with E-state index in [1.165, 1.54) is 11.3 Å². The number of hydrogen-bond acceptors (Lipinski definition) is 5. The third-order valence-electron chi connectivity index (χ3n) is 3.23. The minimum Gasteiger partial charge on any atom is -0.452 e. The van der Waals surface area contributed by atoms with Gasteiger partial charge in [0.05, 0.1) is 11.3 Å². The normalized spacial score (nSPS) is 10.3. The Morgan fingerprint density at radius 2 is 1.80 bits per heavy atom. The van der Waals surface area contributed by atoms with Crippen molar-refractivity contribution in [2.75, 3.05) is 11.9 Å². The fourth-order valence-electron chi connectivity index (χ4n) is 2.03. The summed E-state index contributed by atoms with van der Waals surface area (Å²) in [6.45, 7) is -0.360. The Morgan fingerprint density at radius 1 is 1.08 bits per heavy atom. The summed E-state index contributed by atoms with van der Waals surface area (Å²) in [5.41, 5.74) is 2.13. The molecular formula is C18H13BrN2O3S. The van der Waals surface area contributed by atoms with E-state index in [9.17, 15) is 9.59 Å². The van der Waals surface area contributed by atoms with Gasteiger partial charge in [0.25, 0.3) is 5.91 Å². The van der Waals surface area contributed by atoms with Gasteiger partial charge in [-0.25, -0.2) is 9.78 Å². The average molecular weight is 417 g/mol. The molecule has 0 saturated carbocycles. The molecule has 1 heterocycles. The quantitative estimate of drug-likeness (QED) is 0.627. The molecule has 0 radical (unpaired) electrons. The molecule has 0 spiro atoms. The molecule has 1 amide bonds. The van der Waals surface area contributed by atoms with Crippen LogP contribution in [0.5, 0.6) is 0 Å². The molecule has 1 aromatic heterocycles. The molecule has 7 heteroatoms. The summed E-state index contributed by atoms with van der Waals surface area (Å²) in [5, 5.41) is 4.95. The highest BCUT2D eigenvalue weighted by molar-refractivity contribution is 9.10. The number of anilines is 1. The van der Waals surface area contributed by atoms with Crippen molar-refractivity contribution in [1.29, 1.82) is 0 Å². The van der Waals surface area contributed by atoms with Crippen molar-refractivity contribution in [1.82, 2.24) is 4.98 Å². The van der Waals surface area contributed by atoms with Gasteiger partial charge in [-0.05, 0) is 24.3 Å². The average Bonchev–Trinajstić information content (AvgIpc) is 3.09. The van der Waals surface area contributed by atoms with E-state index in [0.29, 0.717) is 10.7 Å². The summed E-state index contributed by atoms with van der Waals surface area (Å²) >= 11 is 4.70. The maximum Gasteiger partial charge on any atom is 0.338 e. The standard InChI is InChI=1S/C18H13BrN2O3S/c19-14-8-6-12(7-9-14)15-11-25-18(20-15)21-16(22)10-24-17(23)13-4-2-1-3-5-13/h1-9,11H,10H2,(H,20,21,22). The highest BCUT2D eigenvalue weighted by Crippen LogP contribution is 2.26. The molecule has 0 aliphatic rings. The van der Waals surface area contributed by atoms with E-state index < -0.39 is 11.9 Å². The fourth-order valence-corrected chi connectivity index (χ4v) is 3.03. The second-order valence-electron chi connectivity index (χ2n) is 5.04. The zero-order valence-electron chi connectivity index (χ0n) is 12.9. The minimum atomic E-state index is -0.537. The summed E-state index contributed by atoms with van der Waals surface area (Å²) in [6, 6.07) is 16.3. The Labute approximate surface area is 156 Å². The van der Waals surface area contributed by atoms with Gasteiger partial charge in [-0.2, -0.15) is 0 Å². The number of aromatic nitrogens is 1. The van der Waals surface area contributed by atoms with E-state index in [1.54, 1.807) is 30.3 Å². The Hall–Kier alpha value is -2.51. The Kier molecular flexibility index (Phi) is 5.57. The molecule has 1 N–H and O–H groups in total. The van der Waals surface area contributed by atoms with Crippen LogP contribution in [0, 0.1) is 0 Å². The van der Waals surface area contributed by atoms with E-state index in [0.717, 1.165) is 15.7 Å². The topological polar surface area (TPSA) is 68.3 Å². The van der Waals surface area contributed by atoms with Crippen molar-refractivity contribution < 1.29 is 14.3 Å². The number of thiazole rings is 1. The zero-order valence-corrected chi connectivity index (χ0v) is 15.3. The maximum absolute atomic E-state index is 11.9. The molecular weight excluding hydrogens is 404 g/mol. The van der Waals surface area contributed by atoms with Gasteiger partial charge in [-0.1, -0.05) is 46.3 Å². The summed E-state index contributed by atoms with van der Waals surface area (Å²) < 4.78 is 5.97. The fraction of sp³-hybridized carbons (Fsp3) is 0.0556. The first kappa shape index (κ1) is 17.3. The van der Waals surface area contributed by atoms with Crippen LogP contribution in [0.25, 0.3) is 11.3 Å². The third-order valence-corrected chi connectivity index (χ3v) is 4.52. The van der Waals surface area contributed by atoms with Crippen LogP contribution in [-0.4, -0.2) is 23.5 Å². The Morgan fingerprint density at radius 3 is 2.52 bits per heavy atom. The van der Waals surface area contributed by atoms with Crippen LogP contribution < -0.4 is 5.32 Å². The lowest BCUT2D eigenvalue weighted by atomic mass is 10.2. The van der Waals surface area contributed by atoms with Gasteiger partial charge in [-0.3, -0.25) is 10.1 Å². The van der Waals surface area contributed by atoms with Gasteiger partial charge in [0.1, 0.15) is 0 Å². The van der Waals surface area contributed by atoms with Crippen LogP contribution >= 0.6 is 27.3 Å². The number of hydrogen-bond donors (Lipinski definition) is 1. The van der Waals surface area contributed by atoms with Crippen LogP contribution in [0.4, 0.5) is 5.13 Å². The molecule has 0 atom stereocenters. The molecule has 0 fully saturated rings. The molecule has 3 aromatic rings. The highest BCUT2D eigenvalue weighted by Gasteiger charge is 2.12. The number of benzene rings is 2. The molecule has 25 heavy (non-hydrogen) atoms. The van der Waals surface area contributed by atoms with Gasteiger partial charge in [0, 0.05) is 15.4 Å². The molecule has 0 unspecified atom stereocenters. The van der Waals surface area contributed by atoms with E-state index >= 15 is 0 Å². The Balaban J connectivity index is 1.55. The van der Waals surface area contributed by atoms with E-state index in [4.69, 9.17) is 4.74 Å². The minimum absolute atomic E-state index is 0.360. The van der Waals surface area contributed by atoms with Crippen molar-refractivity contribution in [3.63, 3.8) is 0 Å². The SMILES string of the molecule is O=C(COC(=O)c1ccccc1)Nc1nc(-c2ccc(Br)cc2)cs1. The molecule has 126 valence electrons. The summed E-state index contributed by atoms with van der Waals surface area (Å²) in [4.78, 5) is 28.1. The number of ether oxygens (including phenoxy) is 1. The largest absolute Gasteiger partial charge is 0.452 e. The van der Waals surface area contributed by atoms with Gasteiger partial charge < -0.3 is 4.74 Å². The highest BCUT2D eigenvalue weighted by atomic mass is 79.9. The predicted octanol–water partition coefficient (Wildman–Crippen LogP) is 4.37. The molecule has 0 aliphatic heterocycles. The molecule has 3 rings (SSSR count). The van der Waals surface area contributed by atoms with Crippen molar-refractivity contribution in [3.05, 3.63) is 70.0 Å². The van der Waals surface area contributed by atoms with E-state index in [1.807, 2.05) is 29.6 Å². The molecule has 2 aromatic carbocycles. The number of carbonyl (C=O) groups excluding carboxylic acids is 2. The van der Waals surface area contributed by atoms with Crippen LogP contribution in [0.3, 0.4) is 0 Å². The van der Waals surface area contributed by atoms with Crippen molar-refractivity contribution >= 4 is 44.3 Å². The number of rotatable bonds is 5. The van der Waals surface area contributed by atoms with Crippen molar-refractivity contribution in [2.24, 2.45) is 0 Å².